The van der Waals surface area contributed by atoms with Gasteiger partial charge in [0.1, 0.15) is 30.3 Å². The Morgan fingerprint density at radius 3 is 1.88 bits per heavy atom. The van der Waals surface area contributed by atoms with Crippen LogP contribution in [0.3, 0.4) is 0 Å². The van der Waals surface area contributed by atoms with Crippen molar-refractivity contribution in [2.24, 2.45) is 11.7 Å². The highest BCUT2D eigenvalue weighted by atomic mass is 16.6. The van der Waals surface area contributed by atoms with E-state index in [0.29, 0.717) is 32.2 Å². The molecule has 1 fully saturated rings. The predicted octanol–water partition coefficient (Wildman–Crippen LogP) is 3.95. The van der Waals surface area contributed by atoms with Gasteiger partial charge in [-0.15, -0.1) is 0 Å². The Bertz CT molecular complexity index is 1840. The third-order valence-corrected chi connectivity index (χ3v) is 10.1. The molecule has 5 amide bonds. The topological polar surface area (TPSA) is 198 Å². The van der Waals surface area contributed by atoms with Crippen LogP contribution in [0.15, 0.2) is 91.0 Å². The molecule has 0 radical (unpaired) electrons. The molecule has 0 spiro atoms. The van der Waals surface area contributed by atoms with E-state index in [1.54, 1.807) is 45.0 Å². The van der Waals surface area contributed by atoms with Gasteiger partial charge in [-0.05, 0) is 69.2 Å². The van der Waals surface area contributed by atoms with Crippen LogP contribution in [-0.2, 0) is 52.9 Å². The molecule has 1 saturated heterocycles. The van der Waals surface area contributed by atoms with Crippen LogP contribution in [0.25, 0.3) is 0 Å². The lowest BCUT2D eigenvalue weighted by molar-refractivity contribution is -0.151. The van der Waals surface area contributed by atoms with E-state index in [0.717, 1.165) is 16.7 Å². The number of nitrogens with zero attached hydrogens (tertiary/aromatic N) is 1. The van der Waals surface area contributed by atoms with Gasteiger partial charge < -0.3 is 36.5 Å². The summed E-state index contributed by atoms with van der Waals surface area (Å²) in [6.45, 7) is 9.83. The van der Waals surface area contributed by atoms with Crippen LogP contribution in [0.5, 0.6) is 0 Å². The standard InChI is InChI=1S/C45H60N6O8/c1-6-30(2)39(43(56)58-29-33-21-14-9-15-22-33)50-42(55)37-23-16-24-51(37)28-34(25-31-17-10-7-11-18-31)47-40(53)36(27-38(46)52)48-41(54)35(26-32-19-12-8-13-20-32)49-44(57)59-45(3,4)5/h7-15,17-22,30,34-37,39H,6,16,23-29H2,1-5H3,(H2,46,52)(H,47,53)(H,48,54)(H,49,57)(H,50,55)/t30-,34?,35-,36-,37-,39-/m0/s1. The molecule has 59 heavy (non-hydrogen) atoms. The summed E-state index contributed by atoms with van der Waals surface area (Å²) in [5.74, 6) is -3.20. The zero-order valence-electron chi connectivity index (χ0n) is 34.8. The molecule has 3 aromatic rings. The minimum atomic E-state index is -1.38. The fourth-order valence-electron chi connectivity index (χ4n) is 6.92. The molecule has 6 N–H and O–H groups in total. The van der Waals surface area contributed by atoms with Gasteiger partial charge >= 0.3 is 12.1 Å². The van der Waals surface area contributed by atoms with Crippen molar-refractivity contribution in [2.45, 2.75) is 116 Å². The highest BCUT2D eigenvalue weighted by molar-refractivity contribution is 5.94. The first-order valence-electron chi connectivity index (χ1n) is 20.3. The van der Waals surface area contributed by atoms with Gasteiger partial charge in [0.25, 0.3) is 0 Å². The lowest BCUT2D eigenvalue weighted by atomic mass is 9.98. The van der Waals surface area contributed by atoms with Crippen molar-refractivity contribution in [3.05, 3.63) is 108 Å². The summed E-state index contributed by atoms with van der Waals surface area (Å²) in [7, 11) is 0. The Morgan fingerprint density at radius 2 is 1.32 bits per heavy atom. The number of carbonyl (C=O) groups is 6. The van der Waals surface area contributed by atoms with Crippen LogP contribution in [0.4, 0.5) is 4.79 Å². The van der Waals surface area contributed by atoms with Gasteiger partial charge in [-0.2, -0.15) is 0 Å². The third kappa shape index (κ3) is 15.5. The zero-order valence-corrected chi connectivity index (χ0v) is 34.8. The van der Waals surface area contributed by atoms with Crippen molar-refractivity contribution in [2.75, 3.05) is 13.1 Å². The molecule has 0 bridgehead atoms. The van der Waals surface area contributed by atoms with Crippen LogP contribution in [0.2, 0.25) is 0 Å². The van der Waals surface area contributed by atoms with E-state index in [9.17, 15) is 28.8 Å². The molecule has 1 unspecified atom stereocenters. The maximum atomic E-state index is 14.1. The van der Waals surface area contributed by atoms with E-state index >= 15 is 0 Å². The number of nitrogens with two attached hydrogens (primary N) is 1. The number of likely N-dealkylation sites (tertiary alicyclic amines) is 1. The van der Waals surface area contributed by atoms with Gasteiger partial charge in [-0.25, -0.2) is 9.59 Å². The van der Waals surface area contributed by atoms with Crippen molar-refractivity contribution < 1.29 is 38.2 Å². The summed E-state index contributed by atoms with van der Waals surface area (Å²) in [5.41, 5.74) is 7.25. The Balaban J connectivity index is 1.51. The van der Waals surface area contributed by atoms with Gasteiger partial charge in [-0.1, -0.05) is 111 Å². The zero-order chi connectivity index (χ0) is 43.0. The van der Waals surface area contributed by atoms with Crippen molar-refractivity contribution in [3.63, 3.8) is 0 Å². The van der Waals surface area contributed by atoms with Gasteiger partial charge in [0, 0.05) is 19.0 Å². The minimum absolute atomic E-state index is 0.0779. The Kier molecular flexibility index (Phi) is 17.4. The molecule has 1 aliphatic rings. The Morgan fingerprint density at radius 1 is 0.763 bits per heavy atom. The molecule has 1 heterocycles. The normalized spacial score (nSPS) is 16.7. The number of primary amides is 1. The van der Waals surface area contributed by atoms with E-state index in [2.05, 4.69) is 21.3 Å². The lowest BCUT2D eigenvalue weighted by Crippen LogP contribution is -2.58. The van der Waals surface area contributed by atoms with E-state index in [-0.39, 0.29) is 31.4 Å². The number of hydrogen-bond donors (Lipinski definition) is 5. The van der Waals surface area contributed by atoms with Crippen LogP contribution >= 0.6 is 0 Å². The fourth-order valence-corrected chi connectivity index (χ4v) is 6.92. The van der Waals surface area contributed by atoms with E-state index in [1.807, 2.05) is 85.5 Å². The Hall–Kier alpha value is -5.76. The highest BCUT2D eigenvalue weighted by Crippen LogP contribution is 2.21. The molecular weight excluding hydrogens is 753 g/mol. The average Bonchev–Trinajstić information content (AvgIpc) is 3.66. The molecule has 6 atom stereocenters. The molecule has 4 rings (SSSR count). The largest absolute Gasteiger partial charge is 0.459 e. The van der Waals surface area contributed by atoms with Crippen LogP contribution < -0.4 is 27.0 Å². The Labute approximate surface area is 347 Å². The van der Waals surface area contributed by atoms with Crippen LogP contribution in [-0.4, -0.2) is 89.5 Å². The molecule has 3 aromatic carbocycles. The summed E-state index contributed by atoms with van der Waals surface area (Å²) >= 11 is 0. The second kappa shape index (κ2) is 22.4. The van der Waals surface area contributed by atoms with Crippen molar-refractivity contribution in [1.82, 2.24) is 26.2 Å². The first-order valence-corrected chi connectivity index (χ1v) is 20.3. The second-order valence-corrected chi connectivity index (χ2v) is 16.1. The van der Waals surface area contributed by atoms with Gasteiger partial charge in [0.15, 0.2) is 0 Å². The summed E-state index contributed by atoms with van der Waals surface area (Å²) in [6, 6.07) is 23.3. The SMILES string of the molecule is CC[C@H](C)[C@H](NC(=O)[C@@H]1CCCN1CC(Cc1ccccc1)NC(=O)[C@H](CC(N)=O)NC(=O)[C@H](Cc1ccccc1)NC(=O)OC(C)(C)C)C(=O)OCc1ccccc1. The third-order valence-electron chi connectivity index (χ3n) is 10.1. The molecule has 1 aliphatic heterocycles. The van der Waals surface area contributed by atoms with Gasteiger partial charge in [-0.3, -0.25) is 24.1 Å². The smallest absolute Gasteiger partial charge is 0.408 e. The van der Waals surface area contributed by atoms with Gasteiger partial charge in [0.2, 0.25) is 23.6 Å². The molecule has 14 heteroatoms. The average molecular weight is 813 g/mol. The summed E-state index contributed by atoms with van der Waals surface area (Å²) < 4.78 is 11.0. The maximum Gasteiger partial charge on any atom is 0.408 e. The first-order chi connectivity index (χ1) is 28.1. The second-order valence-electron chi connectivity index (χ2n) is 16.1. The number of esters is 1. The summed E-state index contributed by atoms with van der Waals surface area (Å²) in [6.07, 6.45) is 1.00. The number of rotatable bonds is 20. The molecule has 0 aromatic heterocycles. The number of nitrogens with one attached hydrogen (secondary N) is 4. The number of amides is 5. The minimum Gasteiger partial charge on any atom is -0.459 e. The van der Waals surface area contributed by atoms with Crippen LogP contribution in [0.1, 0.15) is 77.0 Å². The molecular formula is C45H60N6O8. The number of ether oxygens (including phenoxy) is 2. The molecule has 318 valence electrons. The predicted molar refractivity (Wildman–Crippen MR) is 223 cm³/mol. The fraction of sp³-hybridized carbons (Fsp3) is 0.467. The number of benzene rings is 3. The summed E-state index contributed by atoms with van der Waals surface area (Å²) in [5, 5.41) is 11.3. The monoisotopic (exact) mass is 812 g/mol. The lowest BCUT2D eigenvalue weighted by Gasteiger charge is -2.31. The first kappa shape index (κ1) is 45.9. The number of hydrogen-bond acceptors (Lipinski definition) is 9. The van der Waals surface area contributed by atoms with E-state index < -0.39 is 72.0 Å². The van der Waals surface area contributed by atoms with E-state index in [1.165, 1.54) is 0 Å². The molecule has 14 nitrogen and oxygen atoms in total. The molecule has 0 saturated carbocycles. The molecule has 0 aliphatic carbocycles. The van der Waals surface area contributed by atoms with Crippen LogP contribution in [0, 0.1) is 5.92 Å². The van der Waals surface area contributed by atoms with E-state index in [4.69, 9.17) is 15.2 Å². The number of carbonyl (C=O) groups excluding carboxylic acids is 6. The maximum absolute atomic E-state index is 14.1. The quantitative estimate of drug-likeness (QED) is 0.105. The summed E-state index contributed by atoms with van der Waals surface area (Å²) in [4.78, 5) is 82.3. The van der Waals surface area contributed by atoms with Crippen molar-refractivity contribution in [3.8, 4) is 0 Å². The van der Waals surface area contributed by atoms with Crippen molar-refractivity contribution in [1.29, 1.82) is 0 Å². The highest BCUT2D eigenvalue weighted by Gasteiger charge is 2.37. The van der Waals surface area contributed by atoms with Crippen molar-refractivity contribution >= 4 is 35.7 Å². The number of alkyl carbamates (subject to hydrolysis) is 1. The van der Waals surface area contributed by atoms with Gasteiger partial charge in [0.05, 0.1) is 12.5 Å².